The van der Waals surface area contributed by atoms with Crippen LogP contribution >= 0.6 is 39.1 Å². The van der Waals surface area contributed by atoms with E-state index in [1.807, 2.05) is 0 Å². The topological polar surface area (TPSA) is 57.6 Å². The first-order chi connectivity index (χ1) is 9.63. The van der Waals surface area contributed by atoms with Gasteiger partial charge in [-0.3, -0.25) is 0 Å². The highest BCUT2D eigenvalue weighted by molar-refractivity contribution is 9.10. The molecule has 21 heavy (non-hydrogen) atoms. The zero-order chi connectivity index (χ0) is 15.8. The van der Waals surface area contributed by atoms with Crippen LogP contribution < -0.4 is 0 Å². The van der Waals surface area contributed by atoms with E-state index in [2.05, 4.69) is 15.9 Å². The predicted octanol–water partition coefficient (Wildman–Crippen LogP) is 3.68. The number of halogens is 3. The smallest absolute Gasteiger partial charge is 0.246 e. The Labute approximate surface area is 143 Å². The third-order valence-corrected chi connectivity index (χ3v) is 6.86. The highest BCUT2D eigenvalue weighted by Crippen LogP contribution is 2.36. The molecular formula is C13H16BrCl2NO3S. The molecule has 1 aliphatic heterocycles. The van der Waals surface area contributed by atoms with Gasteiger partial charge < -0.3 is 5.11 Å². The monoisotopic (exact) mass is 415 g/mol. The molecule has 0 spiro atoms. The van der Waals surface area contributed by atoms with Crippen molar-refractivity contribution in [2.24, 2.45) is 0 Å². The zero-order valence-electron chi connectivity index (χ0n) is 11.4. The SMILES string of the molecule is CC1(O)CCCN(S(=O)(=O)c2c(Cl)cc(Br)cc2Cl)CC1. The molecule has 0 bridgehead atoms. The van der Waals surface area contributed by atoms with Gasteiger partial charge in [0.1, 0.15) is 4.90 Å². The van der Waals surface area contributed by atoms with Crippen LogP contribution in [0.15, 0.2) is 21.5 Å². The number of sulfonamides is 1. The lowest BCUT2D eigenvalue weighted by molar-refractivity contribution is 0.0465. The van der Waals surface area contributed by atoms with Gasteiger partial charge in [0.25, 0.3) is 0 Å². The lowest BCUT2D eigenvalue weighted by Gasteiger charge is -2.23. The van der Waals surface area contributed by atoms with E-state index in [0.717, 1.165) is 0 Å². The van der Waals surface area contributed by atoms with Crippen molar-refractivity contribution in [3.05, 3.63) is 26.7 Å². The van der Waals surface area contributed by atoms with Gasteiger partial charge in [-0.2, -0.15) is 4.31 Å². The number of hydrogen-bond acceptors (Lipinski definition) is 3. The van der Waals surface area contributed by atoms with Crippen LogP contribution in [0.2, 0.25) is 10.0 Å². The molecule has 1 saturated heterocycles. The number of aliphatic hydroxyl groups is 1. The molecule has 0 amide bonds. The summed E-state index contributed by atoms with van der Waals surface area (Å²) in [4.78, 5) is -0.0735. The first-order valence-electron chi connectivity index (χ1n) is 6.50. The fourth-order valence-corrected chi connectivity index (χ4v) is 5.75. The molecule has 1 N–H and O–H groups in total. The van der Waals surface area contributed by atoms with E-state index >= 15 is 0 Å². The Hall–Kier alpha value is 0.150. The van der Waals surface area contributed by atoms with Gasteiger partial charge in [0, 0.05) is 17.6 Å². The van der Waals surface area contributed by atoms with Crippen LogP contribution in [0.1, 0.15) is 26.2 Å². The van der Waals surface area contributed by atoms with E-state index in [4.69, 9.17) is 23.2 Å². The Morgan fingerprint density at radius 1 is 1.24 bits per heavy atom. The fourth-order valence-electron chi connectivity index (χ4n) is 2.38. The standard InChI is InChI=1S/C13H16BrCl2NO3S/c1-13(18)3-2-5-17(6-4-13)21(19,20)12-10(15)7-9(14)8-11(12)16/h7-8,18H,2-6H2,1H3. The summed E-state index contributed by atoms with van der Waals surface area (Å²) in [7, 11) is -3.78. The lowest BCUT2D eigenvalue weighted by Crippen LogP contribution is -2.33. The maximum Gasteiger partial charge on any atom is 0.246 e. The van der Waals surface area contributed by atoms with Crippen LogP contribution in [0.25, 0.3) is 0 Å². The van der Waals surface area contributed by atoms with Gasteiger partial charge >= 0.3 is 0 Å². The highest BCUT2D eigenvalue weighted by Gasteiger charge is 2.34. The van der Waals surface area contributed by atoms with Crippen molar-refractivity contribution < 1.29 is 13.5 Å². The third-order valence-electron chi connectivity index (χ3n) is 3.58. The number of hydrogen-bond donors (Lipinski definition) is 1. The second-order valence-electron chi connectivity index (χ2n) is 5.45. The van der Waals surface area contributed by atoms with Gasteiger partial charge in [-0.05, 0) is 38.3 Å². The van der Waals surface area contributed by atoms with Crippen LogP contribution in [0.4, 0.5) is 0 Å². The highest BCUT2D eigenvalue weighted by atomic mass is 79.9. The van der Waals surface area contributed by atoms with Crippen LogP contribution in [0.3, 0.4) is 0 Å². The number of nitrogens with zero attached hydrogens (tertiary/aromatic N) is 1. The molecule has 1 aliphatic rings. The van der Waals surface area contributed by atoms with Crippen molar-refractivity contribution >= 4 is 49.2 Å². The molecular weight excluding hydrogens is 401 g/mol. The van der Waals surface area contributed by atoms with Crippen LogP contribution in [0.5, 0.6) is 0 Å². The molecule has 8 heteroatoms. The molecule has 1 unspecified atom stereocenters. The first kappa shape index (κ1) is 17.5. The molecule has 0 radical (unpaired) electrons. The summed E-state index contributed by atoms with van der Waals surface area (Å²) < 4.78 is 27.5. The predicted molar refractivity (Wildman–Crippen MR) is 87.4 cm³/mol. The average molecular weight is 417 g/mol. The molecule has 1 fully saturated rings. The van der Waals surface area contributed by atoms with Crippen molar-refractivity contribution in [3.8, 4) is 0 Å². The van der Waals surface area contributed by atoms with Crippen molar-refractivity contribution in [3.63, 3.8) is 0 Å². The Bertz CT molecular complexity index is 626. The molecule has 1 aromatic carbocycles. The largest absolute Gasteiger partial charge is 0.390 e. The maximum atomic E-state index is 12.8. The Morgan fingerprint density at radius 2 is 1.81 bits per heavy atom. The second kappa shape index (κ2) is 6.34. The van der Waals surface area contributed by atoms with Crippen molar-refractivity contribution in [1.29, 1.82) is 0 Å². The van der Waals surface area contributed by atoms with E-state index in [-0.39, 0.29) is 21.5 Å². The van der Waals surface area contributed by atoms with Crippen molar-refractivity contribution in [1.82, 2.24) is 4.31 Å². The van der Waals surface area contributed by atoms with Crippen LogP contribution in [-0.2, 0) is 10.0 Å². The van der Waals surface area contributed by atoms with E-state index < -0.39 is 15.6 Å². The number of rotatable bonds is 2. The van der Waals surface area contributed by atoms with Gasteiger partial charge in [0.15, 0.2) is 0 Å². The molecule has 0 aromatic heterocycles. The molecule has 0 aliphatic carbocycles. The molecule has 1 heterocycles. The Kier molecular flexibility index (Phi) is 5.28. The average Bonchev–Trinajstić information content (AvgIpc) is 2.48. The van der Waals surface area contributed by atoms with Gasteiger partial charge in [0.2, 0.25) is 10.0 Å². The zero-order valence-corrected chi connectivity index (χ0v) is 15.4. The summed E-state index contributed by atoms with van der Waals surface area (Å²) in [5, 5.41) is 10.3. The van der Waals surface area contributed by atoms with Gasteiger partial charge in [0.05, 0.1) is 15.6 Å². The summed E-state index contributed by atoms with van der Waals surface area (Å²) in [6.07, 6.45) is 1.55. The normalized spacial score (nSPS) is 24.8. The van der Waals surface area contributed by atoms with Gasteiger partial charge in [-0.25, -0.2) is 8.42 Å². The Balaban J connectivity index is 2.39. The summed E-state index contributed by atoms with van der Waals surface area (Å²) in [6, 6.07) is 3.02. The van der Waals surface area contributed by atoms with Crippen molar-refractivity contribution in [2.45, 2.75) is 36.7 Å². The molecule has 4 nitrogen and oxygen atoms in total. The molecule has 2 rings (SSSR count). The third kappa shape index (κ3) is 3.92. The van der Waals surface area contributed by atoms with Crippen LogP contribution in [0, 0.1) is 0 Å². The summed E-state index contributed by atoms with van der Waals surface area (Å²) >= 11 is 15.4. The van der Waals surface area contributed by atoms with Gasteiger partial charge in [-0.15, -0.1) is 0 Å². The molecule has 0 saturated carbocycles. The summed E-state index contributed by atoms with van der Waals surface area (Å²) in [6.45, 7) is 2.32. The fraction of sp³-hybridized carbons (Fsp3) is 0.538. The van der Waals surface area contributed by atoms with Gasteiger partial charge in [-0.1, -0.05) is 39.1 Å². The minimum Gasteiger partial charge on any atom is -0.390 e. The molecule has 1 atom stereocenters. The summed E-state index contributed by atoms with van der Waals surface area (Å²) in [5.41, 5.74) is -0.836. The number of benzene rings is 1. The lowest BCUT2D eigenvalue weighted by atomic mass is 9.98. The minimum absolute atomic E-state index is 0.0735. The van der Waals surface area contributed by atoms with Crippen LogP contribution in [-0.4, -0.2) is 36.5 Å². The van der Waals surface area contributed by atoms with E-state index in [0.29, 0.717) is 30.3 Å². The van der Waals surface area contributed by atoms with E-state index in [1.54, 1.807) is 6.92 Å². The minimum atomic E-state index is -3.78. The maximum absolute atomic E-state index is 12.8. The van der Waals surface area contributed by atoms with E-state index in [9.17, 15) is 13.5 Å². The summed E-state index contributed by atoms with van der Waals surface area (Å²) in [5.74, 6) is 0. The molecule has 118 valence electrons. The Morgan fingerprint density at radius 3 is 2.38 bits per heavy atom. The van der Waals surface area contributed by atoms with Crippen molar-refractivity contribution in [2.75, 3.05) is 13.1 Å². The first-order valence-corrected chi connectivity index (χ1v) is 9.49. The van der Waals surface area contributed by atoms with E-state index in [1.165, 1.54) is 16.4 Å². The quantitative estimate of drug-likeness (QED) is 0.799. The second-order valence-corrected chi connectivity index (χ2v) is 9.06. The molecule has 1 aromatic rings.